The Kier molecular flexibility index (Phi) is 5.06. The lowest BCUT2D eigenvalue weighted by Gasteiger charge is -2.34. The number of piperidine rings is 1. The molecule has 1 fully saturated rings. The summed E-state index contributed by atoms with van der Waals surface area (Å²) in [6.07, 6.45) is 2.85. The van der Waals surface area contributed by atoms with Gasteiger partial charge in [0.1, 0.15) is 0 Å². The Morgan fingerprint density at radius 2 is 2.00 bits per heavy atom. The standard InChI is InChI=1S/C18H27N3O3S/c1-14-13-15-5-3-4-6-16(15)21(14)12-11-20-17(22)18(25(2,23)24)7-9-19-10-8-18/h3-6,14,19H,7-13H2,1-2H3,(H,20,22). The third-order valence-corrected chi connectivity index (χ3v) is 7.53. The first-order valence-electron chi connectivity index (χ1n) is 8.88. The van der Waals surface area contributed by atoms with Crippen molar-refractivity contribution in [3.63, 3.8) is 0 Å². The summed E-state index contributed by atoms with van der Waals surface area (Å²) >= 11 is 0. The molecule has 2 heterocycles. The minimum atomic E-state index is -3.46. The van der Waals surface area contributed by atoms with Crippen molar-refractivity contribution in [2.24, 2.45) is 0 Å². The molecule has 2 N–H and O–H groups in total. The van der Waals surface area contributed by atoms with Crippen LogP contribution in [-0.4, -0.2) is 57.5 Å². The fourth-order valence-corrected chi connectivity index (χ4v) is 5.37. The highest BCUT2D eigenvalue weighted by Crippen LogP contribution is 2.31. The summed E-state index contributed by atoms with van der Waals surface area (Å²) in [6.45, 7) is 4.41. The molecule has 0 aliphatic carbocycles. The van der Waals surface area contributed by atoms with E-state index >= 15 is 0 Å². The summed E-state index contributed by atoms with van der Waals surface area (Å²) in [5.74, 6) is -0.350. The van der Waals surface area contributed by atoms with E-state index in [-0.39, 0.29) is 5.91 Å². The molecule has 25 heavy (non-hydrogen) atoms. The highest BCUT2D eigenvalue weighted by molar-refractivity contribution is 7.92. The Morgan fingerprint density at radius 3 is 2.68 bits per heavy atom. The zero-order chi connectivity index (χ0) is 18.1. The molecule has 1 unspecified atom stereocenters. The van der Waals surface area contributed by atoms with E-state index in [1.54, 1.807) is 0 Å². The molecular weight excluding hydrogens is 338 g/mol. The number of hydrogen-bond acceptors (Lipinski definition) is 5. The Balaban J connectivity index is 1.64. The Hall–Kier alpha value is -1.60. The summed E-state index contributed by atoms with van der Waals surface area (Å²) in [6, 6.07) is 8.70. The molecule has 2 aliphatic heterocycles. The first kappa shape index (κ1) is 18.2. The van der Waals surface area contributed by atoms with Gasteiger partial charge in [-0.15, -0.1) is 0 Å². The lowest BCUT2D eigenvalue weighted by Crippen LogP contribution is -2.58. The molecule has 1 saturated heterocycles. The number of anilines is 1. The Labute approximate surface area is 149 Å². The predicted molar refractivity (Wildman–Crippen MR) is 99.6 cm³/mol. The van der Waals surface area contributed by atoms with Gasteiger partial charge in [-0.05, 0) is 50.9 Å². The molecule has 7 heteroatoms. The third-order valence-electron chi connectivity index (χ3n) is 5.52. The lowest BCUT2D eigenvalue weighted by atomic mass is 9.96. The molecule has 1 amide bonds. The van der Waals surface area contributed by atoms with Crippen molar-refractivity contribution >= 4 is 21.4 Å². The van der Waals surface area contributed by atoms with Crippen molar-refractivity contribution in [2.75, 3.05) is 37.3 Å². The van der Waals surface area contributed by atoms with Crippen LogP contribution in [-0.2, 0) is 21.1 Å². The van der Waals surface area contributed by atoms with E-state index in [1.807, 2.05) is 12.1 Å². The fraction of sp³-hybridized carbons (Fsp3) is 0.611. The maximum Gasteiger partial charge on any atom is 0.241 e. The summed E-state index contributed by atoms with van der Waals surface area (Å²) in [5, 5.41) is 6.02. The van der Waals surface area contributed by atoms with Crippen LogP contribution in [0.3, 0.4) is 0 Å². The summed E-state index contributed by atoms with van der Waals surface area (Å²) in [7, 11) is -3.46. The number of amides is 1. The van der Waals surface area contributed by atoms with Crippen LogP contribution in [0.5, 0.6) is 0 Å². The summed E-state index contributed by atoms with van der Waals surface area (Å²) in [4.78, 5) is 15.0. The van der Waals surface area contributed by atoms with Gasteiger partial charge in [0.2, 0.25) is 5.91 Å². The number of fused-ring (bicyclic) bond motifs is 1. The minimum Gasteiger partial charge on any atom is -0.367 e. The first-order chi connectivity index (χ1) is 11.8. The van der Waals surface area contributed by atoms with Crippen molar-refractivity contribution in [1.29, 1.82) is 0 Å². The van der Waals surface area contributed by atoms with Gasteiger partial charge in [0.25, 0.3) is 0 Å². The molecule has 1 aromatic rings. The van der Waals surface area contributed by atoms with Gasteiger partial charge in [0.05, 0.1) is 0 Å². The van der Waals surface area contributed by atoms with Crippen LogP contribution < -0.4 is 15.5 Å². The maximum atomic E-state index is 12.7. The van der Waals surface area contributed by atoms with Crippen LogP contribution in [0.1, 0.15) is 25.3 Å². The van der Waals surface area contributed by atoms with Crippen molar-refractivity contribution in [3.8, 4) is 0 Å². The summed E-state index contributed by atoms with van der Waals surface area (Å²) in [5.41, 5.74) is 2.54. The minimum absolute atomic E-state index is 0.334. The van der Waals surface area contributed by atoms with Crippen molar-refractivity contribution < 1.29 is 13.2 Å². The van der Waals surface area contributed by atoms with Crippen molar-refractivity contribution in [1.82, 2.24) is 10.6 Å². The molecule has 0 saturated carbocycles. The number of benzene rings is 1. The van der Waals surface area contributed by atoms with Gasteiger partial charge in [0.15, 0.2) is 14.6 Å². The average molecular weight is 365 g/mol. The van der Waals surface area contributed by atoms with Crippen LogP contribution in [0.15, 0.2) is 24.3 Å². The second-order valence-electron chi connectivity index (χ2n) is 7.15. The number of nitrogens with zero attached hydrogens (tertiary/aromatic N) is 1. The second kappa shape index (κ2) is 6.96. The number of hydrogen-bond donors (Lipinski definition) is 2. The largest absolute Gasteiger partial charge is 0.367 e. The molecule has 0 radical (unpaired) electrons. The molecule has 0 aromatic heterocycles. The average Bonchev–Trinajstić information content (AvgIpc) is 2.90. The molecular formula is C18H27N3O3S. The van der Waals surface area contributed by atoms with Gasteiger partial charge in [-0.25, -0.2) is 8.42 Å². The second-order valence-corrected chi connectivity index (χ2v) is 9.47. The number of para-hydroxylation sites is 1. The quantitative estimate of drug-likeness (QED) is 0.804. The monoisotopic (exact) mass is 365 g/mol. The lowest BCUT2D eigenvalue weighted by molar-refractivity contribution is -0.124. The van der Waals surface area contributed by atoms with E-state index in [4.69, 9.17) is 0 Å². The van der Waals surface area contributed by atoms with Crippen LogP contribution in [0.2, 0.25) is 0 Å². The smallest absolute Gasteiger partial charge is 0.241 e. The number of nitrogens with one attached hydrogen (secondary N) is 2. The van der Waals surface area contributed by atoms with Crippen LogP contribution in [0, 0.1) is 0 Å². The number of carbonyl (C=O) groups is 1. The topological polar surface area (TPSA) is 78.5 Å². The SMILES string of the molecule is CC1Cc2ccccc2N1CCNC(=O)C1(S(C)(=O)=O)CCNCC1. The molecule has 1 atom stereocenters. The van der Waals surface area contributed by atoms with E-state index in [1.165, 1.54) is 17.5 Å². The van der Waals surface area contributed by atoms with E-state index in [0.717, 1.165) is 6.42 Å². The first-order valence-corrected chi connectivity index (χ1v) is 10.8. The van der Waals surface area contributed by atoms with E-state index < -0.39 is 14.6 Å². The molecule has 0 bridgehead atoms. The number of carbonyl (C=O) groups excluding carboxylic acids is 1. The van der Waals surface area contributed by atoms with Crippen LogP contribution >= 0.6 is 0 Å². The molecule has 1 aromatic carbocycles. The third kappa shape index (κ3) is 3.40. The molecule has 138 valence electrons. The fourth-order valence-electron chi connectivity index (χ4n) is 4.02. The van der Waals surface area contributed by atoms with Gasteiger partial charge in [-0.1, -0.05) is 18.2 Å². The number of rotatable bonds is 5. The predicted octanol–water partition coefficient (Wildman–Crippen LogP) is 0.721. The maximum absolute atomic E-state index is 12.7. The number of sulfone groups is 1. The molecule has 6 nitrogen and oxygen atoms in total. The van der Waals surface area contributed by atoms with Crippen LogP contribution in [0.4, 0.5) is 5.69 Å². The van der Waals surface area contributed by atoms with Crippen LogP contribution in [0.25, 0.3) is 0 Å². The van der Waals surface area contributed by atoms with E-state index in [0.29, 0.717) is 45.1 Å². The highest BCUT2D eigenvalue weighted by atomic mass is 32.2. The summed E-state index contributed by atoms with van der Waals surface area (Å²) < 4.78 is 23.3. The van der Waals surface area contributed by atoms with Crippen molar-refractivity contribution in [2.45, 2.75) is 37.0 Å². The Morgan fingerprint density at radius 1 is 1.32 bits per heavy atom. The van der Waals surface area contributed by atoms with Gasteiger partial charge >= 0.3 is 0 Å². The normalized spacial score (nSPS) is 22.5. The van der Waals surface area contributed by atoms with E-state index in [2.05, 4.69) is 34.6 Å². The van der Waals surface area contributed by atoms with Gasteiger partial charge in [0, 0.05) is 31.1 Å². The molecule has 2 aliphatic rings. The van der Waals surface area contributed by atoms with Gasteiger partial charge < -0.3 is 15.5 Å². The Bertz CT molecular complexity index is 742. The van der Waals surface area contributed by atoms with Gasteiger partial charge in [-0.3, -0.25) is 4.79 Å². The molecule has 0 spiro atoms. The zero-order valence-electron chi connectivity index (χ0n) is 14.9. The zero-order valence-corrected chi connectivity index (χ0v) is 15.7. The van der Waals surface area contributed by atoms with E-state index in [9.17, 15) is 13.2 Å². The van der Waals surface area contributed by atoms with Crippen molar-refractivity contribution in [3.05, 3.63) is 29.8 Å². The highest BCUT2D eigenvalue weighted by Gasteiger charge is 2.48. The van der Waals surface area contributed by atoms with Gasteiger partial charge in [-0.2, -0.15) is 0 Å². The molecule has 3 rings (SSSR count).